The van der Waals surface area contributed by atoms with Crippen LogP contribution in [0, 0.1) is 5.82 Å². The van der Waals surface area contributed by atoms with Gasteiger partial charge in [-0.3, -0.25) is 0 Å². The van der Waals surface area contributed by atoms with Crippen LogP contribution in [0.25, 0.3) is 10.9 Å². The third-order valence-corrected chi connectivity index (χ3v) is 6.84. The van der Waals surface area contributed by atoms with E-state index in [2.05, 4.69) is 5.32 Å². The summed E-state index contributed by atoms with van der Waals surface area (Å²) >= 11 is 0. The molecule has 0 spiro atoms. The Morgan fingerprint density at radius 1 is 1.26 bits per heavy atom. The summed E-state index contributed by atoms with van der Waals surface area (Å²) < 4.78 is 21.4. The van der Waals surface area contributed by atoms with Crippen molar-refractivity contribution in [3.8, 4) is 0 Å². The monoisotopic (exact) mass is 481 g/mol. The highest BCUT2D eigenvalue weighted by atomic mass is 19.1. The van der Waals surface area contributed by atoms with Gasteiger partial charge in [0.05, 0.1) is 6.61 Å². The molecule has 3 aromatic rings. The number of aliphatic carboxylic acids is 1. The number of hydrogen-bond acceptors (Lipinski definition) is 3. The van der Waals surface area contributed by atoms with Crippen molar-refractivity contribution in [2.24, 2.45) is 0 Å². The van der Waals surface area contributed by atoms with Crippen molar-refractivity contribution in [1.29, 1.82) is 0 Å². The van der Waals surface area contributed by atoms with Crippen molar-refractivity contribution in [1.82, 2.24) is 14.8 Å². The lowest BCUT2D eigenvalue weighted by atomic mass is 9.90. The number of hydrogen-bond donors (Lipinski definition) is 2. The van der Waals surface area contributed by atoms with Gasteiger partial charge in [0.2, 0.25) is 0 Å². The molecule has 2 atom stereocenters. The number of urea groups is 1. The standard InChI is InChI=1S/C27H32FN3O4/c1-3-23(26(32)33)31-24-11-9-19(28)15-21(24)22-16-20(10-12-25(22)31)30(13-14-35-2)27(34)29-17-18-7-5-4-6-8-18/h4-9,11,15,20,23H,3,10,12-14,16-17H2,1-2H3,(H,29,34)(H,32,33). The van der Waals surface area contributed by atoms with Crippen molar-refractivity contribution < 1.29 is 23.8 Å². The Kier molecular flexibility index (Phi) is 7.70. The molecule has 2 amide bonds. The first kappa shape index (κ1) is 24.7. The van der Waals surface area contributed by atoms with E-state index in [1.807, 2.05) is 41.8 Å². The molecule has 1 heterocycles. The molecule has 0 saturated carbocycles. The molecule has 2 N–H and O–H groups in total. The number of carboxylic acid groups (broad SMARTS) is 1. The lowest BCUT2D eigenvalue weighted by Gasteiger charge is -2.35. The summed E-state index contributed by atoms with van der Waals surface area (Å²) in [4.78, 5) is 27.0. The Morgan fingerprint density at radius 3 is 2.71 bits per heavy atom. The Bertz CT molecular complexity index is 1190. The van der Waals surface area contributed by atoms with Crippen molar-refractivity contribution in [3.63, 3.8) is 0 Å². The van der Waals surface area contributed by atoms with E-state index in [0.717, 1.165) is 27.7 Å². The molecule has 7 nitrogen and oxygen atoms in total. The molecule has 1 aliphatic rings. The predicted octanol–water partition coefficient (Wildman–Crippen LogP) is 4.53. The normalized spacial score (nSPS) is 16.0. The molecule has 35 heavy (non-hydrogen) atoms. The largest absolute Gasteiger partial charge is 0.480 e. The molecule has 0 fully saturated rings. The molecule has 186 valence electrons. The minimum absolute atomic E-state index is 0.111. The number of ether oxygens (including phenoxy) is 1. The summed E-state index contributed by atoms with van der Waals surface area (Å²) in [7, 11) is 1.60. The number of methoxy groups -OCH3 is 1. The van der Waals surface area contributed by atoms with Crippen molar-refractivity contribution in [2.45, 2.75) is 51.2 Å². The molecule has 4 rings (SSSR count). The van der Waals surface area contributed by atoms with Gasteiger partial charge in [0.25, 0.3) is 0 Å². The number of nitrogens with zero attached hydrogens (tertiary/aromatic N) is 2. The highest BCUT2D eigenvalue weighted by molar-refractivity contribution is 5.88. The summed E-state index contributed by atoms with van der Waals surface area (Å²) in [6.45, 7) is 3.09. The fourth-order valence-electron chi connectivity index (χ4n) is 5.15. The van der Waals surface area contributed by atoms with E-state index in [-0.39, 0.29) is 17.9 Å². The lowest BCUT2D eigenvalue weighted by molar-refractivity contribution is -0.140. The maximum absolute atomic E-state index is 14.3. The molecule has 0 aliphatic heterocycles. The SMILES string of the molecule is CCC(C(=O)O)n1c2c(c3cc(F)ccc31)CC(N(CCOC)C(=O)NCc1ccccc1)CC2. The second kappa shape index (κ2) is 10.9. The van der Waals surface area contributed by atoms with E-state index >= 15 is 0 Å². The molecule has 2 unspecified atom stereocenters. The van der Waals surface area contributed by atoms with Crippen molar-refractivity contribution >= 4 is 22.9 Å². The molecular formula is C27H32FN3O4. The van der Waals surface area contributed by atoms with Crippen molar-refractivity contribution in [3.05, 3.63) is 71.2 Å². The zero-order chi connectivity index (χ0) is 24.9. The van der Waals surface area contributed by atoms with Gasteiger partial charge < -0.3 is 24.6 Å². The summed E-state index contributed by atoms with van der Waals surface area (Å²) in [5, 5.41) is 13.6. The second-order valence-electron chi connectivity index (χ2n) is 8.95. The molecule has 8 heteroatoms. The van der Waals surface area contributed by atoms with Crippen LogP contribution < -0.4 is 5.32 Å². The average molecular weight is 482 g/mol. The van der Waals surface area contributed by atoms with Crippen LogP contribution in [0.15, 0.2) is 48.5 Å². The summed E-state index contributed by atoms with van der Waals surface area (Å²) in [6, 6.07) is 13.2. The molecule has 1 aliphatic carbocycles. The van der Waals surface area contributed by atoms with Crippen LogP contribution in [0.2, 0.25) is 0 Å². The molecule has 1 aromatic heterocycles. The smallest absolute Gasteiger partial charge is 0.326 e. The van der Waals surface area contributed by atoms with E-state index in [4.69, 9.17) is 4.74 Å². The first-order valence-corrected chi connectivity index (χ1v) is 12.1. The Labute approximate surface area is 204 Å². The highest BCUT2D eigenvalue weighted by Gasteiger charge is 2.33. The number of rotatable bonds is 9. The number of aromatic nitrogens is 1. The first-order valence-electron chi connectivity index (χ1n) is 12.1. The maximum Gasteiger partial charge on any atom is 0.326 e. The van der Waals surface area contributed by atoms with E-state index in [0.29, 0.717) is 45.4 Å². The van der Waals surface area contributed by atoms with Gasteiger partial charge in [0.1, 0.15) is 11.9 Å². The van der Waals surface area contributed by atoms with E-state index in [9.17, 15) is 19.1 Å². The summed E-state index contributed by atoms with van der Waals surface area (Å²) in [5.74, 6) is -1.26. The van der Waals surface area contributed by atoms with Crippen LogP contribution in [0.4, 0.5) is 9.18 Å². The Balaban J connectivity index is 1.64. The number of halogens is 1. The minimum atomic E-state index is -0.902. The number of benzene rings is 2. The molecule has 0 radical (unpaired) electrons. The van der Waals surface area contributed by atoms with E-state index in [1.54, 1.807) is 18.1 Å². The van der Waals surface area contributed by atoms with Crippen LogP contribution >= 0.6 is 0 Å². The number of amides is 2. The van der Waals surface area contributed by atoms with Gasteiger partial charge in [-0.15, -0.1) is 0 Å². The highest BCUT2D eigenvalue weighted by Crippen LogP contribution is 2.37. The molecule has 2 aromatic carbocycles. The van der Waals surface area contributed by atoms with Gasteiger partial charge in [-0.05, 0) is 55.0 Å². The molecule has 0 bridgehead atoms. The molecule has 0 saturated heterocycles. The van der Waals surface area contributed by atoms with E-state index < -0.39 is 12.0 Å². The minimum Gasteiger partial charge on any atom is -0.480 e. The third kappa shape index (κ3) is 5.17. The zero-order valence-corrected chi connectivity index (χ0v) is 20.2. The van der Waals surface area contributed by atoms with Gasteiger partial charge in [0, 0.05) is 42.8 Å². The first-order chi connectivity index (χ1) is 16.9. The van der Waals surface area contributed by atoms with Crippen LogP contribution in [0.5, 0.6) is 0 Å². The quantitative estimate of drug-likeness (QED) is 0.470. The number of carbonyl (C=O) groups excluding carboxylic acids is 1. The topological polar surface area (TPSA) is 83.8 Å². The van der Waals surface area contributed by atoms with Gasteiger partial charge in [-0.25, -0.2) is 14.0 Å². The predicted molar refractivity (Wildman–Crippen MR) is 132 cm³/mol. The van der Waals surface area contributed by atoms with Gasteiger partial charge in [-0.1, -0.05) is 37.3 Å². The Morgan fingerprint density at radius 2 is 2.03 bits per heavy atom. The number of nitrogens with one attached hydrogen (secondary N) is 1. The zero-order valence-electron chi connectivity index (χ0n) is 20.2. The number of fused-ring (bicyclic) bond motifs is 3. The summed E-state index contributed by atoms with van der Waals surface area (Å²) in [5.41, 5.74) is 3.58. The van der Waals surface area contributed by atoms with Crippen molar-refractivity contribution in [2.75, 3.05) is 20.3 Å². The van der Waals surface area contributed by atoms with Gasteiger partial charge >= 0.3 is 12.0 Å². The Hall–Kier alpha value is -3.39. The van der Waals surface area contributed by atoms with Gasteiger partial charge in [-0.2, -0.15) is 0 Å². The third-order valence-electron chi connectivity index (χ3n) is 6.84. The van der Waals surface area contributed by atoms with Gasteiger partial charge in [0.15, 0.2) is 0 Å². The van der Waals surface area contributed by atoms with Crippen LogP contribution in [-0.4, -0.2) is 52.9 Å². The summed E-state index contributed by atoms with van der Waals surface area (Å²) in [6.07, 6.45) is 2.24. The average Bonchev–Trinajstić information content (AvgIpc) is 3.17. The maximum atomic E-state index is 14.3. The molecular weight excluding hydrogens is 449 g/mol. The van der Waals surface area contributed by atoms with E-state index in [1.165, 1.54) is 12.1 Å². The number of carbonyl (C=O) groups is 2. The van der Waals surface area contributed by atoms with Crippen LogP contribution in [0.3, 0.4) is 0 Å². The van der Waals surface area contributed by atoms with Crippen LogP contribution in [0.1, 0.15) is 42.6 Å². The second-order valence-corrected chi connectivity index (χ2v) is 8.95. The number of carboxylic acids is 1. The van der Waals surface area contributed by atoms with Crippen LogP contribution in [-0.2, 0) is 28.9 Å². The lowest BCUT2D eigenvalue weighted by Crippen LogP contribution is -2.49. The fourth-order valence-corrected chi connectivity index (χ4v) is 5.15. The fraction of sp³-hybridized carbons (Fsp3) is 0.407.